The summed E-state index contributed by atoms with van der Waals surface area (Å²) in [4.78, 5) is 0. The lowest BCUT2D eigenvalue weighted by atomic mass is 10.2. The van der Waals surface area contributed by atoms with E-state index >= 15 is 0 Å². The normalized spacial score (nSPS) is 15.2. The molecule has 1 rings (SSSR count). The SMILES string of the molecule is CS[C@@H](CO)[C@H](C)Nc1ccc(C(F)(F)F)nn1. The fraction of sp³-hybridized carbons (Fsp3) is 0.600. The van der Waals surface area contributed by atoms with Crippen molar-refractivity contribution in [3.8, 4) is 0 Å². The van der Waals surface area contributed by atoms with Crippen LogP contribution >= 0.6 is 11.8 Å². The van der Waals surface area contributed by atoms with E-state index < -0.39 is 11.9 Å². The first kappa shape index (κ1) is 15.0. The molecule has 2 atom stereocenters. The van der Waals surface area contributed by atoms with Gasteiger partial charge in [-0.15, -0.1) is 10.2 Å². The zero-order valence-corrected chi connectivity index (χ0v) is 10.7. The number of hydrogen-bond acceptors (Lipinski definition) is 5. The van der Waals surface area contributed by atoms with Gasteiger partial charge in [0.2, 0.25) is 0 Å². The zero-order valence-electron chi connectivity index (χ0n) is 9.90. The highest BCUT2D eigenvalue weighted by Gasteiger charge is 2.32. The lowest BCUT2D eigenvalue weighted by Gasteiger charge is -2.21. The van der Waals surface area contributed by atoms with E-state index in [4.69, 9.17) is 5.11 Å². The van der Waals surface area contributed by atoms with Crippen molar-refractivity contribution in [3.05, 3.63) is 17.8 Å². The second-order valence-corrected chi connectivity index (χ2v) is 4.77. The first-order chi connectivity index (χ1) is 8.38. The molecule has 0 unspecified atom stereocenters. The van der Waals surface area contributed by atoms with E-state index in [0.717, 1.165) is 6.07 Å². The molecule has 0 fully saturated rings. The van der Waals surface area contributed by atoms with E-state index in [2.05, 4.69) is 15.5 Å². The van der Waals surface area contributed by atoms with Crippen molar-refractivity contribution in [3.63, 3.8) is 0 Å². The summed E-state index contributed by atoms with van der Waals surface area (Å²) in [6.45, 7) is 1.79. The monoisotopic (exact) mass is 281 g/mol. The summed E-state index contributed by atoms with van der Waals surface area (Å²) in [5, 5.41) is 18.5. The molecule has 0 radical (unpaired) electrons. The second-order valence-electron chi connectivity index (χ2n) is 3.69. The molecule has 102 valence electrons. The van der Waals surface area contributed by atoms with Gasteiger partial charge in [-0.05, 0) is 25.3 Å². The molecule has 8 heteroatoms. The van der Waals surface area contributed by atoms with Gasteiger partial charge in [-0.3, -0.25) is 0 Å². The smallest absolute Gasteiger partial charge is 0.395 e. The van der Waals surface area contributed by atoms with Crippen molar-refractivity contribution in [2.24, 2.45) is 0 Å². The first-order valence-corrected chi connectivity index (χ1v) is 6.48. The molecule has 0 saturated carbocycles. The fourth-order valence-electron chi connectivity index (χ4n) is 1.32. The lowest BCUT2D eigenvalue weighted by molar-refractivity contribution is -0.141. The number of halogens is 3. The molecular formula is C10H14F3N3OS. The molecule has 1 aromatic heterocycles. The number of rotatable bonds is 5. The molecule has 0 bridgehead atoms. The fourth-order valence-corrected chi connectivity index (χ4v) is 1.95. The van der Waals surface area contributed by atoms with E-state index in [-0.39, 0.29) is 23.7 Å². The zero-order chi connectivity index (χ0) is 13.8. The third kappa shape index (κ3) is 4.02. The van der Waals surface area contributed by atoms with Gasteiger partial charge in [-0.2, -0.15) is 24.9 Å². The van der Waals surface area contributed by atoms with Crippen LogP contribution in [-0.2, 0) is 6.18 Å². The summed E-state index contributed by atoms with van der Waals surface area (Å²) in [6.07, 6.45) is -2.64. The predicted octanol–water partition coefficient (Wildman–Crippen LogP) is 2.02. The topological polar surface area (TPSA) is 58.0 Å². The molecule has 0 saturated heterocycles. The van der Waals surface area contributed by atoms with E-state index in [1.807, 2.05) is 13.2 Å². The van der Waals surface area contributed by atoms with Crippen LogP contribution in [0.5, 0.6) is 0 Å². The number of thioether (sulfide) groups is 1. The van der Waals surface area contributed by atoms with Gasteiger partial charge < -0.3 is 10.4 Å². The van der Waals surface area contributed by atoms with Crippen LogP contribution in [0.15, 0.2) is 12.1 Å². The molecule has 2 N–H and O–H groups in total. The van der Waals surface area contributed by atoms with Crippen molar-refractivity contribution in [1.82, 2.24) is 10.2 Å². The average Bonchev–Trinajstić information content (AvgIpc) is 2.30. The number of aliphatic hydroxyl groups excluding tert-OH is 1. The van der Waals surface area contributed by atoms with Gasteiger partial charge in [-0.25, -0.2) is 0 Å². The molecule has 0 aliphatic rings. The van der Waals surface area contributed by atoms with Gasteiger partial charge >= 0.3 is 6.18 Å². The summed E-state index contributed by atoms with van der Waals surface area (Å²) in [5.41, 5.74) is -1.02. The molecule has 0 amide bonds. The Bertz CT molecular complexity index is 368. The van der Waals surface area contributed by atoms with Crippen LogP contribution in [0.1, 0.15) is 12.6 Å². The van der Waals surface area contributed by atoms with Gasteiger partial charge in [0.05, 0.1) is 6.61 Å². The number of hydrogen-bond donors (Lipinski definition) is 2. The molecule has 4 nitrogen and oxygen atoms in total. The Hall–Kier alpha value is -1.02. The number of alkyl halides is 3. The minimum Gasteiger partial charge on any atom is -0.395 e. The standard InChI is InChI=1S/C10H14F3N3OS/c1-6(7(5-17)18-2)14-9-4-3-8(15-16-9)10(11,12)13/h3-4,6-7,17H,5H2,1-2H3,(H,14,16)/t6-,7-/m0/s1. The Morgan fingerprint density at radius 3 is 2.44 bits per heavy atom. The third-order valence-corrected chi connectivity index (χ3v) is 3.53. The highest BCUT2D eigenvalue weighted by Crippen LogP contribution is 2.27. The minimum absolute atomic E-state index is 0.0244. The van der Waals surface area contributed by atoms with Gasteiger partial charge in [-0.1, -0.05) is 0 Å². The van der Waals surface area contributed by atoms with Crippen molar-refractivity contribution < 1.29 is 18.3 Å². The number of anilines is 1. The minimum atomic E-state index is -4.48. The van der Waals surface area contributed by atoms with Gasteiger partial charge in [0.1, 0.15) is 5.82 Å². The van der Waals surface area contributed by atoms with Crippen LogP contribution in [-0.4, -0.2) is 39.5 Å². The molecule has 1 aromatic rings. The predicted molar refractivity (Wildman–Crippen MR) is 64.5 cm³/mol. The van der Waals surface area contributed by atoms with Crippen LogP contribution in [0, 0.1) is 0 Å². The van der Waals surface area contributed by atoms with Crippen molar-refractivity contribution in [2.75, 3.05) is 18.2 Å². The van der Waals surface area contributed by atoms with Crippen LogP contribution in [0.25, 0.3) is 0 Å². The maximum absolute atomic E-state index is 12.3. The van der Waals surface area contributed by atoms with E-state index in [1.54, 1.807) is 0 Å². The lowest BCUT2D eigenvalue weighted by Crippen LogP contribution is -2.31. The molecule has 1 heterocycles. The quantitative estimate of drug-likeness (QED) is 0.864. The van der Waals surface area contributed by atoms with Gasteiger partial charge in [0.25, 0.3) is 0 Å². The molecule has 18 heavy (non-hydrogen) atoms. The van der Waals surface area contributed by atoms with Crippen LogP contribution in [0.4, 0.5) is 19.0 Å². The van der Waals surface area contributed by atoms with Gasteiger partial charge in [0.15, 0.2) is 5.69 Å². The Kier molecular flexibility index (Phi) is 5.21. The third-order valence-electron chi connectivity index (χ3n) is 2.37. The molecule has 0 aliphatic heterocycles. The molecule has 0 spiro atoms. The van der Waals surface area contributed by atoms with Crippen LogP contribution in [0.3, 0.4) is 0 Å². The van der Waals surface area contributed by atoms with E-state index in [9.17, 15) is 13.2 Å². The summed E-state index contributed by atoms with van der Waals surface area (Å²) in [5.74, 6) is 0.253. The van der Waals surface area contributed by atoms with E-state index in [1.165, 1.54) is 17.8 Å². The number of nitrogens with zero attached hydrogens (tertiary/aromatic N) is 2. The molecular weight excluding hydrogens is 267 g/mol. The Morgan fingerprint density at radius 1 is 1.39 bits per heavy atom. The Labute approximate surface area is 107 Å². The highest BCUT2D eigenvalue weighted by molar-refractivity contribution is 7.99. The average molecular weight is 281 g/mol. The molecule has 0 aliphatic carbocycles. The largest absolute Gasteiger partial charge is 0.435 e. The number of aliphatic hydroxyl groups is 1. The number of aromatic nitrogens is 2. The summed E-state index contributed by atoms with van der Waals surface area (Å²) in [6, 6.07) is 1.96. The van der Waals surface area contributed by atoms with Crippen molar-refractivity contribution >= 4 is 17.6 Å². The Balaban J connectivity index is 2.69. The van der Waals surface area contributed by atoms with Crippen molar-refractivity contribution in [2.45, 2.75) is 24.4 Å². The maximum Gasteiger partial charge on any atom is 0.435 e. The van der Waals surface area contributed by atoms with Crippen molar-refractivity contribution in [1.29, 1.82) is 0 Å². The molecule has 0 aromatic carbocycles. The first-order valence-electron chi connectivity index (χ1n) is 5.19. The second kappa shape index (κ2) is 6.24. The Morgan fingerprint density at radius 2 is 2.06 bits per heavy atom. The number of nitrogens with one attached hydrogen (secondary N) is 1. The summed E-state index contributed by atoms with van der Waals surface area (Å²) >= 11 is 1.46. The summed E-state index contributed by atoms with van der Waals surface area (Å²) < 4.78 is 36.8. The highest BCUT2D eigenvalue weighted by atomic mass is 32.2. The van der Waals surface area contributed by atoms with Crippen LogP contribution < -0.4 is 5.32 Å². The maximum atomic E-state index is 12.3. The van der Waals surface area contributed by atoms with E-state index in [0.29, 0.717) is 0 Å². The summed E-state index contributed by atoms with van der Waals surface area (Å²) in [7, 11) is 0. The van der Waals surface area contributed by atoms with Crippen LogP contribution in [0.2, 0.25) is 0 Å². The van der Waals surface area contributed by atoms with Gasteiger partial charge in [0, 0.05) is 11.3 Å².